The largest absolute Gasteiger partial charge is 0.511 e. The Kier molecular flexibility index (Phi) is 3.65. The normalized spacial score (nSPS) is 24.4. The average molecular weight is 373 g/mol. The molecule has 2 atom stereocenters. The first-order valence-electron chi connectivity index (χ1n) is 9.29. The van der Waals surface area contributed by atoms with Gasteiger partial charge in [0.05, 0.1) is 22.8 Å². The predicted octanol–water partition coefficient (Wildman–Crippen LogP) is 2.33. The summed E-state index contributed by atoms with van der Waals surface area (Å²) in [6.07, 6.45) is 2.61. The minimum absolute atomic E-state index is 0.0635. The van der Waals surface area contributed by atoms with Crippen molar-refractivity contribution >= 4 is 22.7 Å². The van der Waals surface area contributed by atoms with Crippen LogP contribution in [0.1, 0.15) is 25.3 Å². The van der Waals surface area contributed by atoms with Gasteiger partial charge in [-0.1, -0.05) is 0 Å². The monoisotopic (exact) mass is 373 g/mol. The number of hydrogen-bond donors (Lipinski definition) is 2. The quantitative estimate of drug-likeness (QED) is 0.804. The number of benzene rings is 1. The molecular formula is C19H20FN3O4. The Labute approximate surface area is 154 Å². The van der Waals surface area contributed by atoms with Crippen LogP contribution in [0.25, 0.3) is 10.9 Å². The molecule has 0 radical (unpaired) electrons. The highest BCUT2D eigenvalue weighted by molar-refractivity contribution is 5.85. The van der Waals surface area contributed by atoms with E-state index < -0.39 is 17.4 Å². The average Bonchev–Trinajstić information content (AvgIpc) is 3.24. The Hall–Kier alpha value is -2.61. The van der Waals surface area contributed by atoms with E-state index in [0.717, 1.165) is 38.9 Å². The van der Waals surface area contributed by atoms with Crippen molar-refractivity contribution in [2.45, 2.75) is 31.3 Å². The highest BCUT2D eigenvalue weighted by Crippen LogP contribution is 2.40. The van der Waals surface area contributed by atoms with E-state index in [-0.39, 0.29) is 22.7 Å². The first-order valence-corrected chi connectivity index (χ1v) is 9.29. The van der Waals surface area contributed by atoms with Crippen LogP contribution in [0.5, 0.6) is 5.75 Å². The summed E-state index contributed by atoms with van der Waals surface area (Å²) in [4.78, 5) is 25.5. The fourth-order valence-electron chi connectivity index (χ4n) is 4.47. The molecule has 5 rings (SSSR count). The molecule has 2 aromatic rings. The molecule has 0 spiro atoms. The molecule has 0 bridgehead atoms. The van der Waals surface area contributed by atoms with Gasteiger partial charge in [0.1, 0.15) is 0 Å². The number of pyridine rings is 1. The van der Waals surface area contributed by atoms with Gasteiger partial charge in [0.25, 0.3) is 0 Å². The Morgan fingerprint density at radius 1 is 1.26 bits per heavy atom. The number of ether oxygens (including phenoxy) is 1. The standard InChI is InChI=1S/C19H20FN3O4/c20-16-14(22-7-10-5-6-21-13(10)8-22)4-3-12-17(16)23(11-1-2-11)9-15(18(12)24)27-19(25)26/h3-4,9-11,13,21H,1-2,5-8H2,(H,25,26). The van der Waals surface area contributed by atoms with E-state index in [1.807, 2.05) is 4.90 Å². The maximum Gasteiger partial charge on any atom is 0.511 e. The molecule has 3 aliphatic rings. The van der Waals surface area contributed by atoms with Gasteiger partial charge in [0, 0.05) is 25.2 Å². The number of carboxylic acid groups (broad SMARTS) is 1. The molecule has 2 saturated heterocycles. The number of carbonyl (C=O) groups is 1. The fraction of sp³-hybridized carbons (Fsp3) is 0.474. The molecular weight excluding hydrogens is 353 g/mol. The molecule has 2 aliphatic heterocycles. The summed E-state index contributed by atoms with van der Waals surface area (Å²) in [6.45, 7) is 2.56. The lowest BCUT2D eigenvalue weighted by molar-refractivity contribution is 0.143. The van der Waals surface area contributed by atoms with Crippen molar-refractivity contribution in [1.82, 2.24) is 9.88 Å². The molecule has 27 heavy (non-hydrogen) atoms. The lowest BCUT2D eigenvalue weighted by atomic mass is 10.1. The van der Waals surface area contributed by atoms with Gasteiger partial charge in [0.15, 0.2) is 11.6 Å². The molecule has 1 saturated carbocycles. The van der Waals surface area contributed by atoms with Crippen molar-refractivity contribution in [3.8, 4) is 5.75 Å². The second-order valence-electron chi connectivity index (χ2n) is 7.64. The summed E-state index contributed by atoms with van der Waals surface area (Å²) in [5.41, 5.74) is 0.136. The molecule has 1 aromatic heterocycles. The van der Waals surface area contributed by atoms with E-state index in [2.05, 4.69) is 10.1 Å². The van der Waals surface area contributed by atoms with Crippen molar-refractivity contribution in [2.24, 2.45) is 5.92 Å². The molecule has 142 valence electrons. The first-order chi connectivity index (χ1) is 13.0. The number of nitrogens with one attached hydrogen (secondary N) is 1. The zero-order valence-corrected chi connectivity index (χ0v) is 14.7. The van der Waals surface area contributed by atoms with E-state index in [4.69, 9.17) is 5.11 Å². The van der Waals surface area contributed by atoms with Gasteiger partial charge in [0.2, 0.25) is 5.43 Å². The molecule has 0 amide bonds. The number of anilines is 1. The topological polar surface area (TPSA) is 83.8 Å². The zero-order chi connectivity index (χ0) is 18.7. The van der Waals surface area contributed by atoms with Crippen molar-refractivity contribution in [1.29, 1.82) is 0 Å². The number of rotatable bonds is 3. The summed E-state index contributed by atoms with van der Waals surface area (Å²) >= 11 is 0. The van der Waals surface area contributed by atoms with Crippen LogP contribution in [-0.2, 0) is 0 Å². The third-order valence-electron chi connectivity index (χ3n) is 5.92. The maximum absolute atomic E-state index is 15.5. The number of aromatic nitrogens is 1. The maximum atomic E-state index is 15.5. The van der Waals surface area contributed by atoms with Crippen LogP contribution < -0.4 is 20.4 Å². The zero-order valence-electron chi connectivity index (χ0n) is 14.7. The van der Waals surface area contributed by atoms with Crippen LogP contribution in [-0.4, -0.2) is 41.5 Å². The summed E-state index contributed by atoms with van der Waals surface area (Å²) < 4.78 is 21.8. The lowest BCUT2D eigenvalue weighted by Crippen LogP contribution is -2.30. The van der Waals surface area contributed by atoms with E-state index in [1.165, 1.54) is 6.20 Å². The smallest absolute Gasteiger partial charge is 0.449 e. The van der Waals surface area contributed by atoms with Crippen molar-refractivity contribution in [3.05, 3.63) is 34.4 Å². The van der Waals surface area contributed by atoms with E-state index in [0.29, 0.717) is 17.6 Å². The highest BCUT2D eigenvalue weighted by Gasteiger charge is 2.37. The van der Waals surface area contributed by atoms with E-state index in [1.54, 1.807) is 16.7 Å². The number of nitrogens with zero attached hydrogens (tertiary/aromatic N) is 2. The fourth-order valence-corrected chi connectivity index (χ4v) is 4.47. The Morgan fingerprint density at radius 2 is 2.07 bits per heavy atom. The summed E-state index contributed by atoms with van der Waals surface area (Å²) in [5, 5.41) is 12.5. The minimum Gasteiger partial charge on any atom is -0.449 e. The SMILES string of the molecule is O=C(O)Oc1cn(C2CC2)c2c(F)c(N3CC4CCNC4C3)ccc2c1=O. The number of hydrogen-bond acceptors (Lipinski definition) is 5. The van der Waals surface area contributed by atoms with Crippen molar-refractivity contribution in [2.75, 3.05) is 24.5 Å². The van der Waals surface area contributed by atoms with Gasteiger partial charge >= 0.3 is 6.16 Å². The molecule has 1 aliphatic carbocycles. The molecule has 2 unspecified atom stereocenters. The van der Waals surface area contributed by atoms with Gasteiger partial charge in [-0.3, -0.25) is 4.79 Å². The third-order valence-corrected chi connectivity index (χ3v) is 5.92. The molecule has 3 fully saturated rings. The van der Waals surface area contributed by atoms with Gasteiger partial charge in [-0.25, -0.2) is 9.18 Å². The number of halogens is 1. The first kappa shape index (κ1) is 16.6. The minimum atomic E-state index is -1.55. The van der Waals surface area contributed by atoms with Gasteiger partial charge < -0.3 is 24.6 Å². The molecule has 1 aromatic carbocycles. The molecule has 3 heterocycles. The predicted molar refractivity (Wildman–Crippen MR) is 97.2 cm³/mol. The van der Waals surface area contributed by atoms with Gasteiger partial charge in [-0.2, -0.15) is 0 Å². The number of fused-ring (bicyclic) bond motifs is 2. The summed E-state index contributed by atoms with van der Waals surface area (Å²) in [7, 11) is 0. The second kappa shape index (κ2) is 5.95. The Morgan fingerprint density at radius 3 is 2.78 bits per heavy atom. The highest BCUT2D eigenvalue weighted by atomic mass is 19.1. The van der Waals surface area contributed by atoms with Crippen molar-refractivity contribution < 1.29 is 19.0 Å². The van der Waals surface area contributed by atoms with Gasteiger partial charge in [-0.05, 0) is 43.9 Å². The van der Waals surface area contributed by atoms with E-state index in [9.17, 15) is 9.59 Å². The van der Waals surface area contributed by atoms with Crippen LogP contribution in [0.15, 0.2) is 23.1 Å². The summed E-state index contributed by atoms with van der Waals surface area (Å²) in [6, 6.07) is 3.67. The third kappa shape index (κ3) is 2.66. The summed E-state index contributed by atoms with van der Waals surface area (Å²) in [5.74, 6) is -0.177. The Bertz CT molecular complexity index is 989. The molecule has 8 heteroatoms. The second-order valence-corrected chi connectivity index (χ2v) is 7.64. The lowest BCUT2D eigenvalue weighted by Gasteiger charge is -2.22. The van der Waals surface area contributed by atoms with Gasteiger partial charge in [-0.15, -0.1) is 0 Å². The van der Waals surface area contributed by atoms with Crippen LogP contribution in [0, 0.1) is 11.7 Å². The van der Waals surface area contributed by atoms with E-state index >= 15 is 4.39 Å². The van der Waals surface area contributed by atoms with Crippen molar-refractivity contribution in [3.63, 3.8) is 0 Å². The molecule has 2 N–H and O–H groups in total. The van der Waals surface area contributed by atoms with Crippen LogP contribution in [0.2, 0.25) is 0 Å². The van der Waals surface area contributed by atoms with Crippen LogP contribution in [0.4, 0.5) is 14.9 Å². The van der Waals surface area contributed by atoms with Crippen LogP contribution in [0.3, 0.4) is 0 Å². The molecule has 7 nitrogen and oxygen atoms in total. The Balaban J connectivity index is 1.64. The van der Waals surface area contributed by atoms with Crippen LogP contribution >= 0.6 is 0 Å².